The van der Waals surface area contributed by atoms with Gasteiger partial charge < -0.3 is 4.74 Å². The van der Waals surface area contributed by atoms with Gasteiger partial charge in [-0.25, -0.2) is 17.9 Å². The molecule has 0 aromatic heterocycles. The van der Waals surface area contributed by atoms with Crippen LogP contribution in [-0.2, 0) is 21.4 Å². The smallest absolute Gasteiger partial charge is 0.338 e. The number of hydrogen-bond donors (Lipinski definition) is 1. The van der Waals surface area contributed by atoms with Crippen molar-refractivity contribution in [1.82, 2.24) is 4.72 Å². The predicted molar refractivity (Wildman–Crippen MR) is 84.9 cm³/mol. The normalized spacial score (nSPS) is 11.0. The van der Waals surface area contributed by atoms with Gasteiger partial charge in [-0.15, -0.1) is 0 Å². The Balaban J connectivity index is 2.07. The van der Waals surface area contributed by atoms with Crippen LogP contribution in [0.4, 0.5) is 5.69 Å². The summed E-state index contributed by atoms with van der Waals surface area (Å²) in [4.78, 5) is 22.0. The summed E-state index contributed by atoms with van der Waals surface area (Å²) in [5.74, 6) is -0.693. The van der Waals surface area contributed by atoms with Gasteiger partial charge in [-0.2, -0.15) is 0 Å². The first-order valence-electron chi connectivity index (χ1n) is 6.77. The van der Waals surface area contributed by atoms with Gasteiger partial charge in [0.2, 0.25) is 10.0 Å². The van der Waals surface area contributed by atoms with Gasteiger partial charge >= 0.3 is 5.97 Å². The highest BCUT2D eigenvalue weighted by Gasteiger charge is 2.15. The maximum atomic E-state index is 12.0. The molecule has 8 nitrogen and oxygen atoms in total. The summed E-state index contributed by atoms with van der Waals surface area (Å²) >= 11 is 0. The Kier molecular flexibility index (Phi) is 5.27. The fraction of sp³-hybridized carbons (Fsp3) is 0.133. The Morgan fingerprint density at radius 1 is 1.21 bits per heavy atom. The van der Waals surface area contributed by atoms with E-state index < -0.39 is 20.9 Å². The summed E-state index contributed by atoms with van der Waals surface area (Å²) in [6.07, 6.45) is 0. The van der Waals surface area contributed by atoms with Crippen LogP contribution < -0.4 is 4.72 Å². The Morgan fingerprint density at radius 3 is 2.46 bits per heavy atom. The molecule has 0 aliphatic rings. The van der Waals surface area contributed by atoms with E-state index in [9.17, 15) is 23.3 Å². The Bertz CT molecular complexity index is 862. The Morgan fingerprint density at radius 2 is 1.88 bits per heavy atom. The molecule has 0 fully saturated rings. The Hall–Kier alpha value is -2.78. The van der Waals surface area contributed by atoms with E-state index in [-0.39, 0.29) is 22.8 Å². The lowest BCUT2D eigenvalue weighted by Crippen LogP contribution is -2.19. The number of rotatable bonds is 6. The Labute approximate surface area is 138 Å². The molecule has 0 saturated carbocycles. The molecule has 0 saturated heterocycles. The lowest BCUT2D eigenvalue weighted by atomic mass is 10.2. The van der Waals surface area contributed by atoms with Crippen LogP contribution in [0.1, 0.15) is 15.9 Å². The van der Waals surface area contributed by atoms with Gasteiger partial charge in [0.15, 0.2) is 0 Å². The second kappa shape index (κ2) is 7.20. The lowest BCUT2D eigenvalue weighted by molar-refractivity contribution is -0.384. The number of nitrogens with zero attached hydrogens (tertiary/aromatic N) is 1. The SMILES string of the molecule is CNS(=O)(=O)c1cccc(C(=O)OCc2ccc([N+](=O)[O-])cc2)c1. The van der Waals surface area contributed by atoms with E-state index in [1.807, 2.05) is 0 Å². The van der Waals surface area contributed by atoms with Crippen molar-refractivity contribution in [3.63, 3.8) is 0 Å². The molecule has 0 atom stereocenters. The molecule has 126 valence electrons. The van der Waals surface area contributed by atoms with Gasteiger partial charge in [0.05, 0.1) is 15.4 Å². The molecule has 0 unspecified atom stereocenters. The molecule has 0 bridgehead atoms. The molecule has 0 amide bonds. The minimum atomic E-state index is -3.66. The lowest BCUT2D eigenvalue weighted by Gasteiger charge is -2.07. The molecule has 0 aliphatic heterocycles. The monoisotopic (exact) mass is 350 g/mol. The molecule has 2 rings (SSSR count). The number of nitro groups is 1. The number of esters is 1. The number of carbonyl (C=O) groups excluding carboxylic acids is 1. The molecule has 0 spiro atoms. The van der Waals surface area contributed by atoms with Gasteiger partial charge in [-0.05, 0) is 42.9 Å². The number of non-ortho nitro benzene ring substituents is 1. The maximum Gasteiger partial charge on any atom is 0.338 e. The van der Waals surface area contributed by atoms with Gasteiger partial charge in [0.25, 0.3) is 5.69 Å². The predicted octanol–water partition coefficient (Wildman–Crippen LogP) is 1.86. The number of ether oxygens (including phenoxy) is 1. The van der Waals surface area contributed by atoms with Crippen LogP contribution in [0.2, 0.25) is 0 Å². The number of hydrogen-bond acceptors (Lipinski definition) is 6. The van der Waals surface area contributed by atoms with E-state index in [0.717, 1.165) is 0 Å². The molecule has 24 heavy (non-hydrogen) atoms. The fourth-order valence-electron chi connectivity index (χ4n) is 1.85. The largest absolute Gasteiger partial charge is 0.457 e. The number of carbonyl (C=O) groups is 1. The van der Waals surface area contributed by atoms with Crippen molar-refractivity contribution < 1.29 is 22.9 Å². The van der Waals surface area contributed by atoms with Crippen molar-refractivity contribution >= 4 is 21.7 Å². The highest BCUT2D eigenvalue weighted by Crippen LogP contribution is 2.15. The van der Waals surface area contributed by atoms with E-state index in [0.29, 0.717) is 5.56 Å². The third-order valence-electron chi connectivity index (χ3n) is 3.17. The van der Waals surface area contributed by atoms with Crippen LogP contribution in [0.3, 0.4) is 0 Å². The number of nitro benzene ring substituents is 1. The number of benzene rings is 2. The summed E-state index contributed by atoms with van der Waals surface area (Å²) in [6.45, 7) is -0.0835. The summed E-state index contributed by atoms with van der Waals surface area (Å²) in [5, 5.41) is 10.6. The van der Waals surface area contributed by atoms with Crippen molar-refractivity contribution in [2.45, 2.75) is 11.5 Å². The number of nitrogens with one attached hydrogen (secondary N) is 1. The van der Waals surface area contributed by atoms with Crippen LogP contribution >= 0.6 is 0 Å². The highest BCUT2D eigenvalue weighted by molar-refractivity contribution is 7.89. The summed E-state index contributed by atoms with van der Waals surface area (Å²) in [6, 6.07) is 11.0. The molecular formula is C15H14N2O6S. The van der Waals surface area contributed by atoms with Crippen LogP contribution in [0, 0.1) is 10.1 Å². The van der Waals surface area contributed by atoms with Gasteiger partial charge in [-0.3, -0.25) is 10.1 Å². The first-order valence-corrected chi connectivity index (χ1v) is 8.26. The second-order valence-electron chi connectivity index (χ2n) is 4.74. The molecule has 2 aromatic rings. The molecule has 1 N–H and O–H groups in total. The van der Waals surface area contributed by atoms with Gasteiger partial charge in [0.1, 0.15) is 6.61 Å². The third-order valence-corrected chi connectivity index (χ3v) is 4.58. The summed E-state index contributed by atoms with van der Waals surface area (Å²) in [5.41, 5.74) is 0.608. The quantitative estimate of drug-likeness (QED) is 0.483. The standard InChI is InChI=1S/C15H14N2O6S/c1-16-24(21,22)14-4-2-3-12(9-14)15(18)23-10-11-5-7-13(8-6-11)17(19)20/h2-9,16H,10H2,1H3. The first-order chi connectivity index (χ1) is 11.3. The highest BCUT2D eigenvalue weighted by atomic mass is 32.2. The second-order valence-corrected chi connectivity index (χ2v) is 6.62. The maximum absolute atomic E-state index is 12.0. The molecule has 2 aromatic carbocycles. The minimum absolute atomic E-state index is 0.0465. The van der Waals surface area contributed by atoms with Crippen molar-refractivity contribution in [1.29, 1.82) is 0 Å². The minimum Gasteiger partial charge on any atom is -0.457 e. The zero-order valence-electron chi connectivity index (χ0n) is 12.6. The van der Waals surface area contributed by atoms with Crippen LogP contribution in [0.15, 0.2) is 53.4 Å². The van der Waals surface area contributed by atoms with E-state index in [4.69, 9.17) is 4.74 Å². The molecular weight excluding hydrogens is 336 g/mol. The summed E-state index contributed by atoms with van der Waals surface area (Å²) in [7, 11) is -2.38. The van der Waals surface area contributed by atoms with Crippen molar-refractivity contribution in [3.8, 4) is 0 Å². The van der Waals surface area contributed by atoms with E-state index in [1.165, 1.54) is 55.6 Å². The molecule has 0 heterocycles. The van der Waals surface area contributed by atoms with Crippen LogP contribution in [-0.4, -0.2) is 26.4 Å². The third kappa shape index (κ3) is 4.15. The molecule has 0 aliphatic carbocycles. The molecule has 9 heteroatoms. The van der Waals surface area contributed by atoms with E-state index >= 15 is 0 Å². The van der Waals surface area contributed by atoms with Crippen molar-refractivity contribution in [2.75, 3.05) is 7.05 Å². The van der Waals surface area contributed by atoms with Crippen LogP contribution in [0.5, 0.6) is 0 Å². The topological polar surface area (TPSA) is 116 Å². The average Bonchev–Trinajstić information content (AvgIpc) is 2.60. The van der Waals surface area contributed by atoms with Crippen LogP contribution in [0.25, 0.3) is 0 Å². The average molecular weight is 350 g/mol. The number of sulfonamides is 1. The van der Waals surface area contributed by atoms with Crippen molar-refractivity contribution in [3.05, 3.63) is 69.8 Å². The first kappa shape index (κ1) is 17.6. The van der Waals surface area contributed by atoms with E-state index in [1.54, 1.807) is 0 Å². The fourth-order valence-corrected chi connectivity index (χ4v) is 2.63. The van der Waals surface area contributed by atoms with E-state index in [2.05, 4.69) is 4.72 Å². The van der Waals surface area contributed by atoms with Gasteiger partial charge in [0, 0.05) is 12.1 Å². The zero-order chi connectivity index (χ0) is 17.7. The van der Waals surface area contributed by atoms with Crippen molar-refractivity contribution in [2.24, 2.45) is 0 Å². The van der Waals surface area contributed by atoms with Gasteiger partial charge in [-0.1, -0.05) is 6.07 Å². The summed E-state index contributed by atoms with van der Waals surface area (Å²) < 4.78 is 30.7. The molecule has 0 radical (unpaired) electrons. The zero-order valence-corrected chi connectivity index (χ0v) is 13.4.